The molecule has 0 fully saturated rings. The molecule has 7 nitrogen and oxygen atoms in total. The third-order valence-corrected chi connectivity index (χ3v) is 5.18. The van der Waals surface area contributed by atoms with E-state index in [0.29, 0.717) is 5.01 Å². The second-order valence-electron chi connectivity index (χ2n) is 6.27. The maximum atomic E-state index is 13.6. The first-order chi connectivity index (χ1) is 13.7. The van der Waals surface area contributed by atoms with Gasteiger partial charge < -0.3 is 5.73 Å². The highest BCUT2D eigenvalue weighted by atomic mass is 32.1. The molecule has 0 saturated heterocycles. The number of aromatic nitrogens is 5. The zero-order valence-electron chi connectivity index (χ0n) is 15.2. The summed E-state index contributed by atoms with van der Waals surface area (Å²) in [6.45, 7) is 3.34. The minimum Gasteiger partial charge on any atom is -0.365 e. The third-order valence-electron chi connectivity index (χ3n) is 4.22. The van der Waals surface area contributed by atoms with E-state index in [4.69, 9.17) is 5.73 Å². The van der Waals surface area contributed by atoms with Crippen LogP contribution in [0.25, 0.3) is 27.7 Å². The lowest BCUT2D eigenvalue weighted by atomic mass is 10.2. The van der Waals surface area contributed by atoms with Gasteiger partial charge in [-0.05, 0) is 26.0 Å². The first-order valence-corrected chi connectivity index (χ1v) is 9.19. The van der Waals surface area contributed by atoms with Crippen molar-refractivity contribution in [1.82, 2.24) is 24.5 Å². The molecule has 2 N–H and O–H groups in total. The van der Waals surface area contributed by atoms with E-state index in [9.17, 15) is 18.0 Å². The number of amides is 1. The number of fused-ring (bicyclic) bond motifs is 1. The number of pyridine rings is 1. The standard InChI is InChI=1S/C18H13F3N6OS/c1-8-7-29-17(24-8)14-25-9(2)12(13(22)28)16(26-14)27-6-11(18(19,20)21)10-4-3-5-23-15(10)27/h3-7H,1-2H3,(H2,22,28). The van der Waals surface area contributed by atoms with Gasteiger partial charge in [0.15, 0.2) is 16.6 Å². The highest BCUT2D eigenvalue weighted by molar-refractivity contribution is 7.13. The van der Waals surface area contributed by atoms with E-state index in [0.717, 1.165) is 16.5 Å². The Hall–Kier alpha value is -3.34. The van der Waals surface area contributed by atoms with Crippen LogP contribution in [0.2, 0.25) is 0 Å². The Morgan fingerprint density at radius 1 is 1.21 bits per heavy atom. The second kappa shape index (κ2) is 6.62. The first kappa shape index (κ1) is 19.0. The maximum Gasteiger partial charge on any atom is 0.418 e. The summed E-state index contributed by atoms with van der Waals surface area (Å²) in [5.41, 5.74) is 5.50. The predicted molar refractivity (Wildman–Crippen MR) is 101 cm³/mol. The average Bonchev–Trinajstić information content (AvgIpc) is 3.24. The Balaban J connectivity index is 2.07. The van der Waals surface area contributed by atoms with E-state index >= 15 is 0 Å². The highest BCUT2D eigenvalue weighted by Crippen LogP contribution is 2.37. The number of carbonyl (C=O) groups excluding carboxylic acids is 1. The SMILES string of the molecule is Cc1csc(-c2nc(C)c(C(N)=O)c(-n3cc(C(F)(F)F)c4cccnc43)n2)n1. The number of aryl methyl sites for hydroxylation is 2. The molecule has 4 aromatic heterocycles. The van der Waals surface area contributed by atoms with Crippen LogP contribution in [0.1, 0.15) is 27.3 Å². The number of halogens is 3. The third kappa shape index (κ3) is 3.23. The van der Waals surface area contributed by atoms with Crippen LogP contribution in [0.15, 0.2) is 29.9 Å². The summed E-state index contributed by atoms with van der Waals surface area (Å²) in [4.78, 5) is 29.1. The number of primary amides is 1. The van der Waals surface area contributed by atoms with Gasteiger partial charge in [0.05, 0.1) is 11.3 Å². The van der Waals surface area contributed by atoms with Crippen LogP contribution in [0, 0.1) is 13.8 Å². The van der Waals surface area contributed by atoms with Crippen LogP contribution in [0.3, 0.4) is 0 Å². The molecule has 0 aromatic carbocycles. The van der Waals surface area contributed by atoms with E-state index in [2.05, 4.69) is 19.9 Å². The molecular weight excluding hydrogens is 405 g/mol. The number of thiazole rings is 1. The number of alkyl halides is 3. The molecule has 148 valence electrons. The molecule has 0 atom stereocenters. The molecule has 0 radical (unpaired) electrons. The van der Waals surface area contributed by atoms with Gasteiger partial charge in [-0.2, -0.15) is 13.2 Å². The number of rotatable bonds is 3. The number of hydrogen-bond acceptors (Lipinski definition) is 6. The normalized spacial score (nSPS) is 11.9. The maximum absolute atomic E-state index is 13.6. The smallest absolute Gasteiger partial charge is 0.365 e. The van der Waals surface area contributed by atoms with Crippen molar-refractivity contribution in [2.45, 2.75) is 20.0 Å². The van der Waals surface area contributed by atoms with E-state index in [1.807, 2.05) is 0 Å². The monoisotopic (exact) mass is 418 g/mol. The molecule has 0 aliphatic rings. The quantitative estimate of drug-likeness (QED) is 0.547. The Morgan fingerprint density at radius 3 is 2.59 bits per heavy atom. The summed E-state index contributed by atoms with van der Waals surface area (Å²) in [5.74, 6) is -0.746. The van der Waals surface area contributed by atoms with Crippen molar-refractivity contribution in [3.05, 3.63) is 52.4 Å². The molecule has 0 aliphatic heterocycles. The van der Waals surface area contributed by atoms with Gasteiger partial charge in [-0.25, -0.2) is 19.9 Å². The van der Waals surface area contributed by atoms with E-state index < -0.39 is 17.6 Å². The van der Waals surface area contributed by atoms with Crippen molar-refractivity contribution < 1.29 is 18.0 Å². The Labute approximate surface area is 166 Å². The largest absolute Gasteiger partial charge is 0.418 e. The number of hydrogen-bond donors (Lipinski definition) is 1. The van der Waals surface area contributed by atoms with Crippen LogP contribution in [-0.4, -0.2) is 30.4 Å². The number of carbonyl (C=O) groups is 1. The first-order valence-electron chi connectivity index (χ1n) is 8.31. The average molecular weight is 418 g/mol. The van der Waals surface area contributed by atoms with Crippen LogP contribution < -0.4 is 5.73 Å². The van der Waals surface area contributed by atoms with Crippen LogP contribution in [-0.2, 0) is 6.18 Å². The molecule has 4 aromatic rings. The van der Waals surface area contributed by atoms with Gasteiger partial charge >= 0.3 is 6.18 Å². The predicted octanol–water partition coefficient (Wildman–Crippen LogP) is 3.67. The molecule has 0 unspecified atom stereocenters. The van der Waals surface area contributed by atoms with Crippen molar-refractivity contribution in [1.29, 1.82) is 0 Å². The van der Waals surface area contributed by atoms with Crippen LogP contribution in [0.4, 0.5) is 13.2 Å². The molecular formula is C18H13F3N6OS. The van der Waals surface area contributed by atoms with Gasteiger partial charge in [0.2, 0.25) is 0 Å². The summed E-state index contributed by atoms with van der Waals surface area (Å²) in [6, 6.07) is 2.72. The van der Waals surface area contributed by atoms with E-state index in [-0.39, 0.29) is 33.9 Å². The molecule has 0 saturated carbocycles. The zero-order chi connectivity index (χ0) is 20.9. The minimum absolute atomic E-state index is 0.00157. The fourth-order valence-corrected chi connectivity index (χ4v) is 3.75. The van der Waals surface area contributed by atoms with E-state index in [1.54, 1.807) is 19.2 Å². The van der Waals surface area contributed by atoms with E-state index in [1.165, 1.54) is 29.7 Å². The molecule has 4 heterocycles. The summed E-state index contributed by atoms with van der Waals surface area (Å²) < 4.78 is 41.8. The molecule has 29 heavy (non-hydrogen) atoms. The van der Waals surface area contributed by atoms with Gasteiger partial charge in [0.1, 0.15) is 11.2 Å². The van der Waals surface area contributed by atoms with Crippen LogP contribution in [0.5, 0.6) is 0 Å². The van der Waals surface area contributed by atoms with Crippen LogP contribution >= 0.6 is 11.3 Å². The van der Waals surface area contributed by atoms with Gasteiger partial charge in [0.25, 0.3) is 5.91 Å². The van der Waals surface area contributed by atoms with Crippen molar-refractivity contribution >= 4 is 28.3 Å². The summed E-state index contributed by atoms with van der Waals surface area (Å²) in [6.07, 6.45) is -2.39. The lowest BCUT2D eigenvalue weighted by Gasteiger charge is -2.12. The molecule has 0 bridgehead atoms. The Kier molecular flexibility index (Phi) is 4.34. The Morgan fingerprint density at radius 2 is 1.97 bits per heavy atom. The molecule has 0 spiro atoms. The van der Waals surface area contributed by atoms with Gasteiger partial charge in [0, 0.05) is 28.9 Å². The van der Waals surface area contributed by atoms with Gasteiger partial charge in [-0.1, -0.05) is 0 Å². The van der Waals surface area contributed by atoms with Crippen molar-refractivity contribution in [3.8, 4) is 16.6 Å². The number of nitrogens with zero attached hydrogens (tertiary/aromatic N) is 5. The lowest BCUT2D eigenvalue weighted by molar-refractivity contribution is -0.136. The Bertz CT molecular complexity index is 1260. The second-order valence-corrected chi connectivity index (χ2v) is 7.13. The molecule has 4 rings (SSSR count). The topological polar surface area (TPSA) is 99.6 Å². The van der Waals surface area contributed by atoms with Crippen molar-refractivity contribution in [2.75, 3.05) is 0 Å². The molecule has 1 amide bonds. The lowest BCUT2D eigenvalue weighted by Crippen LogP contribution is -2.19. The molecule has 0 aliphatic carbocycles. The highest BCUT2D eigenvalue weighted by Gasteiger charge is 2.36. The van der Waals surface area contributed by atoms with Crippen molar-refractivity contribution in [3.63, 3.8) is 0 Å². The number of nitrogens with two attached hydrogens (primary N) is 1. The zero-order valence-corrected chi connectivity index (χ0v) is 16.0. The summed E-state index contributed by atoms with van der Waals surface area (Å²) >= 11 is 1.29. The molecule has 11 heteroatoms. The summed E-state index contributed by atoms with van der Waals surface area (Å²) in [5, 5.41) is 2.16. The minimum atomic E-state index is -4.61. The fraction of sp³-hybridized carbons (Fsp3) is 0.167. The van der Waals surface area contributed by atoms with Gasteiger partial charge in [-0.3, -0.25) is 9.36 Å². The fourth-order valence-electron chi connectivity index (χ4n) is 3.02. The van der Waals surface area contributed by atoms with Crippen molar-refractivity contribution in [2.24, 2.45) is 5.73 Å². The van der Waals surface area contributed by atoms with Gasteiger partial charge in [-0.15, -0.1) is 11.3 Å². The summed E-state index contributed by atoms with van der Waals surface area (Å²) in [7, 11) is 0.